The van der Waals surface area contributed by atoms with E-state index in [9.17, 15) is 14.7 Å². The lowest BCUT2D eigenvalue weighted by Crippen LogP contribution is -2.45. The summed E-state index contributed by atoms with van der Waals surface area (Å²) in [5.41, 5.74) is 1.21. The Morgan fingerprint density at radius 3 is 2.05 bits per heavy atom. The van der Waals surface area contributed by atoms with Gasteiger partial charge in [-0.25, -0.2) is 0 Å². The molecule has 0 saturated carbocycles. The van der Waals surface area contributed by atoms with Gasteiger partial charge in [-0.2, -0.15) is 0 Å². The maximum Gasteiger partial charge on any atom is 0.224 e. The molecule has 0 aliphatic carbocycles. The van der Waals surface area contributed by atoms with Gasteiger partial charge in [-0.15, -0.1) is 0 Å². The molecule has 0 radical (unpaired) electrons. The molecule has 0 spiro atoms. The Morgan fingerprint density at radius 2 is 1.42 bits per heavy atom. The van der Waals surface area contributed by atoms with Crippen LogP contribution in [0.15, 0.2) is 30.3 Å². The predicted octanol–water partition coefficient (Wildman–Crippen LogP) is 4.32. The van der Waals surface area contributed by atoms with E-state index in [1.54, 1.807) is 0 Å². The van der Waals surface area contributed by atoms with Crippen LogP contribution in [0.25, 0.3) is 0 Å². The summed E-state index contributed by atoms with van der Waals surface area (Å²) in [5.74, 6) is 0.439. The van der Waals surface area contributed by atoms with Crippen LogP contribution in [0.5, 0.6) is 0 Å². The Morgan fingerprint density at radius 1 is 0.816 bits per heavy atom. The van der Waals surface area contributed by atoms with Crippen molar-refractivity contribution in [1.29, 1.82) is 0 Å². The predicted molar refractivity (Wildman–Crippen MR) is 154 cm³/mol. The molecule has 0 aromatic heterocycles. The first-order valence-corrected chi connectivity index (χ1v) is 15.1. The van der Waals surface area contributed by atoms with Gasteiger partial charge in [-0.05, 0) is 64.7 Å². The molecule has 1 N–H and O–H groups in total. The van der Waals surface area contributed by atoms with Crippen molar-refractivity contribution in [2.24, 2.45) is 0 Å². The van der Waals surface area contributed by atoms with Crippen LogP contribution in [0.4, 0.5) is 0 Å². The number of amides is 2. The third-order valence-corrected chi connectivity index (χ3v) is 8.49. The third-order valence-electron chi connectivity index (χ3n) is 8.49. The first kappa shape index (κ1) is 30.6. The van der Waals surface area contributed by atoms with E-state index < -0.39 is 0 Å². The first-order chi connectivity index (χ1) is 18.4. The van der Waals surface area contributed by atoms with Gasteiger partial charge < -0.3 is 19.8 Å². The topological polar surface area (TPSA) is 67.3 Å². The zero-order valence-corrected chi connectivity index (χ0v) is 24.2. The van der Waals surface area contributed by atoms with Crippen molar-refractivity contribution < 1.29 is 14.7 Å². The second kappa shape index (κ2) is 16.2. The Hall–Kier alpha value is -1.96. The Labute approximate surface area is 231 Å². The molecule has 3 rings (SSSR count). The summed E-state index contributed by atoms with van der Waals surface area (Å²) < 4.78 is 0. The van der Waals surface area contributed by atoms with Crippen LogP contribution in [0.3, 0.4) is 0 Å². The Bertz CT molecular complexity index is 836. The van der Waals surface area contributed by atoms with Gasteiger partial charge in [0.15, 0.2) is 0 Å². The highest BCUT2D eigenvalue weighted by atomic mass is 16.3. The van der Waals surface area contributed by atoms with E-state index in [1.165, 1.54) is 5.56 Å². The van der Waals surface area contributed by atoms with Crippen molar-refractivity contribution in [1.82, 2.24) is 19.6 Å². The molecular formula is C31H52N4O3. The second-order valence-corrected chi connectivity index (χ2v) is 11.5. The summed E-state index contributed by atoms with van der Waals surface area (Å²) in [4.78, 5) is 35.0. The largest absolute Gasteiger partial charge is 0.393 e. The highest BCUT2D eigenvalue weighted by molar-refractivity contribution is 5.77. The molecule has 1 aromatic rings. The fourth-order valence-corrected chi connectivity index (χ4v) is 6.00. The SMILES string of the molecule is CCCCCC(O)CC1CC(=O)N(CCCCN2CCCN(C)C(c3ccccc3)CC2=O)CCCN1C. The summed E-state index contributed by atoms with van der Waals surface area (Å²) in [6.07, 6.45) is 9.31. The number of rotatable bonds is 12. The van der Waals surface area contributed by atoms with Gasteiger partial charge in [0.05, 0.1) is 6.10 Å². The average molecular weight is 529 g/mol. The molecular weight excluding hydrogens is 476 g/mol. The van der Waals surface area contributed by atoms with E-state index in [2.05, 4.69) is 43.0 Å². The molecule has 2 fully saturated rings. The van der Waals surface area contributed by atoms with Gasteiger partial charge in [0.2, 0.25) is 11.8 Å². The Balaban J connectivity index is 1.45. The summed E-state index contributed by atoms with van der Waals surface area (Å²) in [5, 5.41) is 10.5. The molecule has 7 heteroatoms. The number of nitrogens with zero attached hydrogens (tertiary/aromatic N) is 4. The number of unbranched alkanes of at least 4 members (excludes halogenated alkanes) is 3. The van der Waals surface area contributed by atoms with Gasteiger partial charge in [0.1, 0.15) is 0 Å². The lowest BCUT2D eigenvalue weighted by atomic mass is 9.98. The van der Waals surface area contributed by atoms with Crippen LogP contribution in [0, 0.1) is 0 Å². The number of aliphatic hydroxyl groups is 1. The normalized spacial score (nSPS) is 23.6. The summed E-state index contributed by atoms with van der Waals surface area (Å²) in [6.45, 7) is 7.23. The van der Waals surface area contributed by atoms with Crippen LogP contribution in [-0.4, -0.2) is 102 Å². The van der Waals surface area contributed by atoms with Crippen LogP contribution < -0.4 is 0 Å². The zero-order valence-electron chi connectivity index (χ0n) is 24.2. The van der Waals surface area contributed by atoms with Crippen LogP contribution in [-0.2, 0) is 9.59 Å². The molecule has 3 atom stereocenters. The third kappa shape index (κ3) is 9.65. The van der Waals surface area contributed by atoms with Crippen molar-refractivity contribution in [3.8, 4) is 0 Å². The van der Waals surface area contributed by atoms with Crippen molar-refractivity contribution in [3.05, 3.63) is 35.9 Å². The minimum Gasteiger partial charge on any atom is -0.393 e. The standard InChI is InChI=1S/C31H52N4O3/c1-4-5-7-16-28(36)23-27-24-30(37)34(21-12-17-32(27)2)19-10-11-20-35-22-13-18-33(3)29(25-31(35)38)26-14-8-6-9-15-26/h6,8-9,14-15,27-29,36H,4-5,7,10-13,16-25H2,1-3H3. The minimum atomic E-state index is -0.327. The average Bonchev–Trinajstić information content (AvgIpc) is 2.90. The molecule has 7 nitrogen and oxygen atoms in total. The summed E-state index contributed by atoms with van der Waals surface area (Å²) >= 11 is 0. The Kier molecular flexibility index (Phi) is 13.0. The number of benzene rings is 1. The van der Waals surface area contributed by atoms with Gasteiger partial charge in [-0.3, -0.25) is 14.5 Å². The molecule has 0 bridgehead atoms. The van der Waals surface area contributed by atoms with Gasteiger partial charge in [-0.1, -0.05) is 56.5 Å². The maximum absolute atomic E-state index is 13.2. The van der Waals surface area contributed by atoms with E-state index in [4.69, 9.17) is 0 Å². The number of aliphatic hydroxyl groups excluding tert-OH is 1. The molecule has 2 aliphatic heterocycles. The minimum absolute atomic E-state index is 0.108. The van der Waals surface area contributed by atoms with Gasteiger partial charge >= 0.3 is 0 Å². The molecule has 2 amide bonds. The summed E-state index contributed by atoms with van der Waals surface area (Å²) in [7, 11) is 4.21. The van der Waals surface area contributed by atoms with E-state index >= 15 is 0 Å². The number of carbonyl (C=O) groups excluding carboxylic acids is 2. The second-order valence-electron chi connectivity index (χ2n) is 11.5. The fourth-order valence-electron chi connectivity index (χ4n) is 6.00. The molecule has 2 saturated heterocycles. The van der Waals surface area contributed by atoms with Crippen LogP contribution in [0.1, 0.15) is 89.2 Å². The monoisotopic (exact) mass is 528 g/mol. The fraction of sp³-hybridized carbons (Fsp3) is 0.742. The highest BCUT2D eigenvalue weighted by Crippen LogP contribution is 2.26. The highest BCUT2D eigenvalue weighted by Gasteiger charge is 2.28. The smallest absolute Gasteiger partial charge is 0.224 e. The van der Waals surface area contributed by atoms with Crippen molar-refractivity contribution >= 4 is 11.8 Å². The lowest BCUT2D eigenvalue weighted by molar-refractivity contribution is -0.135. The van der Waals surface area contributed by atoms with E-state index in [-0.39, 0.29) is 30.0 Å². The number of hydrogen-bond acceptors (Lipinski definition) is 5. The number of carbonyl (C=O) groups is 2. The van der Waals surface area contributed by atoms with Crippen LogP contribution in [0.2, 0.25) is 0 Å². The van der Waals surface area contributed by atoms with Crippen molar-refractivity contribution in [2.45, 2.75) is 95.7 Å². The van der Waals surface area contributed by atoms with Gasteiger partial charge in [0, 0.05) is 57.6 Å². The van der Waals surface area contributed by atoms with E-state index in [0.29, 0.717) is 19.3 Å². The van der Waals surface area contributed by atoms with Crippen molar-refractivity contribution in [3.63, 3.8) is 0 Å². The molecule has 38 heavy (non-hydrogen) atoms. The molecule has 1 aromatic carbocycles. The van der Waals surface area contributed by atoms with E-state index in [1.807, 2.05) is 28.0 Å². The molecule has 214 valence electrons. The van der Waals surface area contributed by atoms with Crippen molar-refractivity contribution in [2.75, 3.05) is 53.4 Å². The van der Waals surface area contributed by atoms with Crippen LogP contribution >= 0.6 is 0 Å². The molecule has 2 heterocycles. The zero-order chi connectivity index (χ0) is 27.3. The quantitative estimate of drug-likeness (QED) is 0.410. The number of hydrogen-bond donors (Lipinski definition) is 1. The molecule has 2 aliphatic rings. The van der Waals surface area contributed by atoms with Gasteiger partial charge in [0.25, 0.3) is 0 Å². The molecule has 3 unspecified atom stereocenters. The lowest BCUT2D eigenvalue weighted by Gasteiger charge is -2.35. The summed E-state index contributed by atoms with van der Waals surface area (Å²) in [6, 6.07) is 10.6. The first-order valence-electron chi connectivity index (χ1n) is 15.1. The maximum atomic E-state index is 13.2. The van der Waals surface area contributed by atoms with E-state index in [0.717, 1.165) is 90.6 Å².